The molecule has 0 aliphatic carbocycles. The summed E-state index contributed by atoms with van der Waals surface area (Å²) < 4.78 is 14.0. The Morgan fingerprint density at radius 1 is 1.23 bits per heavy atom. The topological polar surface area (TPSA) is 81.2 Å². The Bertz CT molecular complexity index is 992. The maximum Gasteiger partial charge on any atom is 0.191 e. The molecule has 3 heterocycles. The van der Waals surface area contributed by atoms with Crippen LogP contribution in [0.25, 0.3) is 11.3 Å². The van der Waals surface area contributed by atoms with Gasteiger partial charge in [0.25, 0.3) is 0 Å². The number of nitrogens with one attached hydrogen (secondary N) is 3. The predicted octanol–water partition coefficient (Wildman–Crippen LogP) is 3.56. The van der Waals surface area contributed by atoms with E-state index in [1.54, 1.807) is 12.3 Å². The number of aromatic nitrogens is 3. The van der Waals surface area contributed by atoms with Crippen LogP contribution in [-0.4, -0.2) is 46.6 Å². The van der Waals surface area contributed by atoms with Crippen LogP contribution in [-0.2, 0) is 6.54 Å². The van der Waals surface area contributed by atoms with Crippen molar-refractivity contribution in [2.24, 2.45) is 4.99 Å². The minimum Gasteiger partial charge on any atom is -0.357 e. The first-order valence-electron chi connectivity index (χ1n) is 10.2. The second kappa shape index (κ2) is 11.1. The second-order valence-electron chi connectivity index (χ2n) is 7.19. The second-order valence-corrected chi connectivity index (χ2v) is 7.19. The first-order chi connectivity index (χ1) is 14.7. The fourth-order valence-electron chi connectivity index (χ4n) is 3.56. The molecule has 1 aliphatic heterocycles. The van der Waals surface area contributed by atoms with E-state index in [1.165, 1.54) is 6.07 Å². The Morgan fingerprint density at radius 3 is 2.84 bits per heavy atom. The van der Waals surface area contributed by atoms with E-state index in [0.29, 0.717) is 18.9 Å². The van der Waals surface area contributed by atoms with Gasteiger partial charge in [-0.15, -0.1) is 24.0 Å². The molecular formula is C22H27FIN7. The number of nitrogens with zero attached hydrogens (tertiary/aromatic N) is 4. The van der Waals surface area contributed by atoms with E-state index in [2.05, 4.69) is 30.6 Å². The van der Waals surface area contributed by atoms with E-state index >= 15 is 0 Å². The lowest BCUT2D eigenvalue weighted by Crippen LogP contribution is -2.44. The van der Waals surface area contributed by atoms with Gasteiger partial charge in [-0.25, -0.2) is 19.4 Å². The fourth-order valence-corrected chi connectivity index (χ4v) is 3.56. The van der Waals surface area contributed by atoms with Gasteiger partial charge in [0.2, 0.25) is 0 Å². The van der Waals surface area contributed by atoms with Crippen LogP contribution in [0.4, 0.5) is 10.2 Å². The van der Waals surface area contributed by atoms with Crippen LogP contribution in [0.1, 0.15) is 19.2 Å². The van der Waals surface area contributed by atoms with Crippen LogP contribution in [0.3, 0.4) is 0 Å². The van der Waals surface area contributed by atoms with Crippen molar-refractivity contribution in [1.82, 2.24) is 25.6 Å². The monoisotopic (exact) mass is 535 g/mol. The molecule has 1 aromatic carbocycles. The molecule has 0 saturated carbocycles. The number of halogens is 2. The third-order valence-corrected chi connectivity index (χ3v) is 5.01. The van der Waals surface area contributed by atoms with Crippen LogP contribution in [0.15, 0.2) is 59.9 Å². The number of aliphatic imine (C=N–C) groups is 1. The highest BCUT2D eigenvalue weighted by Gasteiger charge is 2.25. The molecule has 1 unspecified atom stereocenters. The molecule has 4 rings (SSSR count). The number of imidazole rings is 1. The number of hydrogen-bond acceptors (Lipinski definition) is 4. The van der Waals surface area contributed by atoms with E-state index in [1.807, 2.05) is 48.4 Å². The molecule has 3 aromatic rings. The highest BCUT2D eigenvalue weighted by Crippen LogP contribution is 2.21. The number of benzene rings is 1. The van der Waals surface area contributed by atoms with Gasteiger partial charge < -0.3 is 20.5 Å². The van der Waals surface area contributed by atoms with Crippen molar-refractivity contribution in [1.29, 1.82) is 0 Å². The minimum absolute atomic E-state index is 0. The first-order valence-corrected chi connectivity index (χ1v) is 10.2. The zero-order chi connectivity index (χ0) is 20.8. The van der Waals surface area contributed by atoms with Gasteiger partial charge in [-0.2, -0.15) is 0 Å². The summed E-state index contributed by atoms with van der Waals surface area (Å²) >= 11 is 0. The molecule has 1 fully saturated rings. The Balaban J connectivity index is 0.00000272. The van der Waals surface area contributed by atoms with Crippen LogP contribution in [0, 0.1) is 5.82 Å². The van der Waals surface area contributed by atoms with Crippen LogP contribution >= 0.6 is 24.0 Å². The number of rotatable bonds is 6. The van der Waals surface area contributed by atoms with E-state index in [4.69, 9.17) is 0 Å². The molecule has 0 bridgehead atoms. The molecule has 0 spiro atoms. The summed E-state index contributed by atoms with van der Waals surface area (Å²) in [4.78, 5) is 18.6. The van der Waals surface area contributed by atoms with Crippen molar-refractivity contribution in [2.75, 3.05) is 24.5 Å². The van der Waals surface area contributed by atoms with Crippen LogP contribution < -0.4 is 15.5 Å². The van der Waals surface area contributed by atoms with Gasteiger partial charge in [0.1, 0.15) is 12.4 Å². The Kier molecular flexibility index (Phi) is 8.21. The van der Waals surface area contributed by atoms with Crippen molar-refractivity contribution < 1.29 is 4.39 Å². The summed E-state index contributed by atoms with van der Waals surface area (Å²) in [6.45, 7) is 4.65. The normalized spacial score (nSPS) is 16.1. The highest BCUT2D eigenvalue weighted by atomic mass is 127. The van der Waals surface area contributed by atoms with Gasteiger partial charge in [0, 0.05) is 31.9 Å². The van der Waals surface area contributed by atoms with Gasteiger partial charge in [0.05, 0.1) is 11.9 Å². The highest BCUT2D eigenvalue weighted by molar-refractivity contribution is 14.0. The molecule has 31 heavy (non-hydrogen) atoms. The minimum atomic E-state index is -0.286. The van der Waals surface area contributed by atoms with Crippen molar-refractivity contribution in [3.8, 4) is 11.3 Å². The molecule has 1 aliphatic rings. The number of anilines is 1. The molecule has 7 nitrogen and oxygen atoms in total. The summed E-state index contributed by atoms with van der Waals surface area (Å²) in [5.41, 5.74) is 2.07. The molecule has 3 N–H and O–H groups in total. The van der Waals surface area contributed by atoms with E-state index in [0.717, 1.165) is 42.6 Å². The van der Waals surface area contributed by atoms with Gasteiger partial charge in [-0.1, -0.05) is 30.3 Å². The van der Waals surface area contributed by atoms with Crippen molar-refractivity contribution >= 4 is 35.8 Å². The van der Waals surface area contributed by atoms with E-state index in [9.17, 15) is 4.39 Å². The zero-order valence-corrected chi connectivity index (χ0v) is 19.7. The van der Waals surface area contributed by atoms with Crippen molar-refractivity contribution in [2.45, 2.75) is 25.9 Å². The molecule has 0 amide bonds. The van der Waals surface area contributed by atoms with Crippen molar-refractivity contribution in [3.63, 3.8) is 0 Å². The lowest BCUT2D eigenvalue weighted by Gasteiger charge is -2.19. The van der Waals surface area contributed by atoms with Crippen LogP contribution in [0.5, 0.6) is 0 Å². The molecule has 9 heteroatoms. The summed E-state index contributed by atoms with van der Waals surface area (Å²) in [7, 11) is 0. The standard InChI is InChI=1S/C22H26FN7.HI/c1-2-24-22(27-14-20-26-13-19(29-20)16-7-4-3-5-8-16)28-17-10-12-30(15-17)21-18(23)9-6-11-25-21;/h3-9,11,13,17H,2,10,12,14-15H2,1H3,(H,26,29)(H2,24,27,28);1H. The Morgan fingerprint density at radius 2 is 2.06 bits per heavy atom. The average molecular weight is 535 g/mol. The largest absolute Gasteiger partial charge is 0.357 e. The average Bonchev–Trinajstić information content (AvgIpc) is 3.43. The van der Waals surface area contributed by atoms with Gasteiger partial charge >= 0.3 is 0 Å². The van der Waals surface area contributed by atoms with Gasteiger partial charge in [-0.05, 0) is 31.0 Å². The number of H-pyrrole nitrogens is 1. The first kappa shape index (κ1) is 23.0. The summed E-state index contributed by atoms with van der Waals surface area (Å²) in [6.07, 6.45) is 4.34. The molecule has 0 radical (unpaired) electrons. The molecule has 1 saturated heterocycles. The van der Waals surface area contributed by atoms with Crippen molar-refractivity contribution in [3.05, 3.63) is 66.5 Å². The van der Waals surface area contributed by atoms with E-state index < -0.39 is 0 Å². The third kappa shape index (κ3) is 5.93. The Labute approximate surface area is 198 Å². The summed E-state index contributed by atoms with van der Waals surface area (Å²) in [5, 5.41) is 6.72. The number of hydrogen-bond donors (Lipinski definition) is 3. The Hall–Kier alpha value is -2.69. The van der Waals surface area contributed by atoms with Crippen LogP contribution in [0.2, 0.25) is 0 Å². The van der Waals surface area contributed by atoms with Gasteiger partial charge in [0.15, 0.2) is 17.6 Å². The summed E-state index contributed by atoms with van der Waals surface area (Å²) in [5.74, 6) is 1.65. The SMILES string of the molecule is CCNC(=NCc1ncc(-c2ccccc2)[nH]1)NC1CCN(c2ncccc2F)C1.I. The third-order valence-electron chi connectivity index (χ3n) is 5.01. The smallest absolute Gasteiger partial charge is 0.191 e. The number of pyridine rings is 1. The maximum absolute atomic E-state index is 14.0. The summed E-state index contributed by atoms with van der Waals surface area (Å²) in [6, 6.07) is 13.3. The number of aromatic amines is 1. The maximum atomic E-state index is 14.0. The number of guanidine groups is 1. The predicted molar refractivity (Wildman–Crippen MR) is 132 cm³/mol. The zero-order valence-electron chi connectivity index (χ0n) is 17.4. The fraction of sp³-hybridized carbons (Fsp3) is 0.318. The lowest BCUT2D eigenvalue weighted by atomic mass is 10.2. The molecule has 2 aromatic heterocycles. The molecule has 1 atom stereocenters. The quantitative estimate of drug-likeness (QED) is 0.256. The van der Waals surface area contributed by atoms with Gasteiger partial charge in [-0.3, -0.25) is 0 Å². The lowest BCUT2D eigenvalue weighted by molar-refractivity contribution is 0.612. The molecular weight excluding hydrogens is 508 g/mol. The molecule has 164 valence electrons. The van der Waals surface area contributed by atoms with E-state index in [-0.39, 0.29) is 35.8 Å².